The van der Waals surface area contributed by atoms with Crippen LogP contribution in [0.15, 0.2) is 47.5 Å². The van der Waals surface area contributed by atoms with E-state index in [9.17, 15) is 9.59 Å². The molecule has 2 aromatic heterocycles. The van der Waals surface area contributed by atoms with Gasteiger partial charge in [-0.1, -0.05) is 0 Å². The van der Waals surface area contributed by atoms with Crippen LogP contribution < -0.4 is 4.43 Å². The van der Waals surface area contributed by atoms with Crippen LogP contribution in [0.5, 0.6) is 0 Å². The third-order valence-corrected chi connectivity index (χ3v) is 5.07. The van der Waals surface area contributed by atoms with Crippen LogP contribution in [-0.4, -0.2) is 29.8 Å². The van der Waals surface area contributed by atoms with E-state index >= 15 is 0 Å². The average molecular weight is 317 g/mol. The molecular formula is C14H10N2O2Se. The van der Waals surface area contributed by atoms with Crippen molar-refractivity contribution >= 4 is 30.1 Å². The summed E-state index contributed by atoms with van der Waals surface area (Å²) in [5.41, 5.74) is 2.08. The van der Waals surface area contributed by atoms with Gasteiger partial charge in [-0.3, -0.25) is 0 Å². The quantitative estimate of drug-likeness (QED) is 0.527. The molecule has 0 spiro atoms. The number of aryl methyl sites for hydroxylation is 1. The molecule has 0 unspecified atom stereocenters. The Morgan fingerprint density at radius 3 is 2.84 bits per heavy atom. The first-order valence-corrected chi connectivity index (χ1v) is 7.42. The van der Waals surface area contributed by atoms with Gasteiger partial charge in [-0.05, 0) is 0 Å². The van der Waals surface area contributed by atoms with Crippen molar-refractivity contribution in [3.63, 3.8) is 0 Å². The molecule has 2 heterocycles. The van der Waals surface area contributed by atoms with Gasteiger partial charge in [0.2, 0.25) is 0 Å². The number of benzene rings is 1. The molecule has 4 nitrogen and oxygen atoms in total. The second-order valence-electron chi connectivity index (χ2n) is 4.18. The van der Waals surface area contributed by atoms with Crippen LogP contribution in [0.1, 0.15) is 15.9 Å². The molecular weight excluding hydrogens is 307 g/mol. The number of nitrogens with zero attached hydrogens (tertiary/aromatic N) is 2. The van der Waals surface area contributed by atoms with Crippen LogP contribution in [0.2, 0.25) is 0 Å². The van der Waals surface area contributed by atoms with Crippen molar-refractivity contribution < 1.29 is 4.79 Å². The Kier molecular flexibility index (Phi) is 2.93. The molecule has 3 aromatic rings. The summed E-state index contributed by atoms with van der Waals surface area (Å²) < 4.78 is 2.73. The topological polar surface area (TPSA) is 52.0 Å². The van der Waals surface area contributed by atoms with Crippen molar-refractivity contribution in [2.24, 2.45) is 7.05 Å². The second kappa shape index (κ2) is 4.61. The summed E-state index contributed by atoms with van der Waals surface area (Å²) in [5, 5.41) is 0. The molecule has 19 heavy (non-hydrogen) atoms. The van der Waals surface area contributed by atoms with Crippen molar-refractivity contribution in [1.82, 2.24) is 9.55 Å². The van der Waals surface area contributed by atoms with Crippen molar-refractivity contribution in [3.8, 4) is 0 Å². The van der Waals surface area contributed by atoms with Crippen LogP contribution in [0.25, 0.3) is 9.78 Å². The fraction of sp³-hybridized carbons (Fsp3) is 0.0714. The fourth-order valence-corrected chi connectivity index (χ4v) is 3.87. The van der Waals surface area contributed by atoms with Crippen LogP contribution >= 0.6 is 0 Å². The van der Waals surface area contributed by atoms with E-state index in [1.807, 2.05) is 12.1 Å². The number of hydrogen-bond donors (Lipinski definition) is 0. The first kappa shape index (κ1) is 12.1. The molecule has 0 bridgehead atoms. The van der Waals surface area contributed by atoms with E-state index in [0.29, 0.717) is 11.1 Å². The minimum absolute atomic E-state index is 0.0614. The molecule has 3 rings (SSSR count). The van der Waals surface area contributed by atoms with Gasteiger partial charge < -0.3 is 0 Å². The van der Waals surface area contributed by atoms with Crippen LogP contribution in [0.4, 0.5) is 0 Å². The Bertz CT molecular complexity index is 818. The molecule has 1 aromatic carbocycles. The van der Waals surface area contributed by atoms with E-state index in [0.717, 1.165) is 9.78 Å². The molecule has 0 fully saturated rings. The van der Waals surface area contributed by atoms with E-state index < -0.39 is 0 Å². The molecule has 0 saturated carbocycles. The Morgan fingerprint density at radius 1 is 1.26 bits per heavy atom. The summed E-state index contributed by atoms with van der Waals surface area (Å²) in [6.45, 7) is 0. The van der Waals surface area contributed by atoms with Crippen molar-refractivity contribution in [2.45, 2.75) is 0 Å². The number of ketones is 1. The predicted molar refractivity (Wildman–Crippen MR) is 73.8 cm³/mol. The number of carbonyl (C=O) groups excluding carboxylic acids is 1. The van der Waals surface area contributed by atoms with Crippen LogP contribution in [0.3, 0.4) is 0 Å². The number of rotatable bonds is 2. The molecule has 0 aliphatic carbocycles. The van der Waals surface area contributed by atoms with E-state index in [1.165, 1.54) is 0 Å². The Morgan fingerprint density at radius 2 is 2.11 bits per heavy atom. The molecule has 0 N–H and O–H groups in total. The monoisotopic (exact) mass is 318 g/mol. The second-order valence-corrected chi connectivity index (χ2v) is 6.26. The SMILES string of the molecule is Cn1c(=O)[se]c2cc(C(=O)c3cccnc3)ccc21. The van der Waals surface area contributed by atoms with Crippen molar-refractivity contribution in [2.75, 3.05) is 0 Å². The van der Waals surface area contributed by atoms with Gasteiger partial charge >= 0.3 is 115 Å². The minimum atomic E-state index is -0.227. The average Bonchev–Trinajstić information content (AvgIpc) is 2.74. The van der Waals surface area contributed by atoms with Gasteiger partial charge in [0.25, 0.3) is 0 Å². The Labute approximate surface area is 115 Å². The summed E-state index contributed by atoms with van der Waals surface area (Å²) in [5.74, 6) is -0.0614. The zero-order valence-electron chi connectivity index (χ0n) is 10.2. The summed E-state index contributed by atoms with van der Waals surface area (Å²) in [6.07, 6.45) is 3.19. The number of fused-ring (bicyclic) bond motifs is 1. The van der Waals surface area contributed by atoms with Crippen LogP contribution in [0, 0.1) is 0 Å². The first-order valence-electron chi connectivity index (χ1n) is 5.71. The third kappa shape index (κ3) is 2.07. The molecule has 0 saturated heterocycles. The van der Waals surface area contributed by atoms with Gasteiger partial charge in [0.15, 0.2) is 0 Å². The molecule has 0 atom stereocenters. The molecule has 0 aliphatic rings. The molecule has 5 heteroatoms. The van der Waals surface area contributed by atoms with E-state index in [2.05, 4.69) is 4.98 Å². The number of carbonyl (C=O) groups is 1. The maximum atomic E-state index is 12.3. The van der Waals surface area contributed by atoms with Gasteiger partial charge in [0, 0.05) is 0 Å². The van der Waals surface area contributed by atoms with Gasteiger partial charge in [-0.25, -0.2) is 0 Å². The summed E-state index contributed by atoms with van der Waals surface area (Å²) >= 11 is -0.227. The van der Waals surface area contributed by atoms with Gasteiger partial charge in [0.05, 0.1) is 0 Å². The fourth-order valence-electron chi connectivity index (χ4n) is 1.94. The van der Waals surface area contributed by atoms with E-state index in [4.69, 9.17) is 0 Å². The van der Waals surface area contributed by atoms with E-state index in [1.54, 1.807) is 42.2 Å². The molecule has 0 amide bonds. The predicted octanol–water partition coefficient (Wildman–Crippen LogP) is 1.22. The standard InChI is InChI=1S/C14H10N2O2Se/c1-16-11-5-4-9(7-12(11)19-14(16)18)13(17)10-3-2-6-15-8-10/h2-8H,1H3. The first-order chi connectivity index (χ1) is 9.16. The Hall–Kier alpha value is -1.97. The zero-order valence-corrected chi connectivity index (χ0v) is 11.9. The summed E-state index contributed by atoms with van der Waals surface area (Å²) in [6, 6.07) is 8.91. The van der Waals surface area contributed by atoms with Crippen LogP contribution in [-0.2, 0) is 7.05 Å². The number of pyridine rings is 1. The van der Waals surface area contributed by atoms with Gasteiger partial charge in [0.1, 0.15) is 0 Å². The molecule has 94 valence electrons. The zero-order chi connectivity index (χ0) is 13.4. The molecule has 0 aliphatic heterocycles. The summed E-state index contributed by atoms with van der Waals surface area (Å²) in [7, 11) is 1.76. The van der Waals surface area contributed by atoms with Crippen molar-refractivity contribution in [1.29, 1.82) is 0 Å². The van der Waals surface area contributed by atoms with E-state index in [-0.39, 0.29) is 24.7 Å². The van der Waals surface area contributed by atoms with Gasteiger partial charge in [-0.2, -0.15) is 0 Å². The molecule has 0 radical (unpaired) electrons. The third-order valence-electron chi connectivity index (χ3n) is 2.98. The maximum absolute atomic E-state index is 12.3. The Balaban J connectivity index is 2.12. The normalized spacial score (nSPS) is 10.8. The van der Waals surface area contributed by atoms with Crippen molar-refractivity contribution in [3.05, 3.63) is 63.1 Å². The summed E-state index contributed by atoms with van der Waals surface area (Å²) in [4.78, 5) is 27.9. The van der Waals surface area contributed by atoms with Gasteiger partial charge in [-0.15, -0.1) is 0 Å². The number of hydrogen-bond acceptors (Lipinski definition) is 3. The number of aromatic nitrogens is 2.